The fourth-order valence-electron chi connectivity index (χ4n) is 2.49. The lowest BCUT2D eigenvalue weighted by atomic mass is 10.2. The van der Waals surface area contributed by atoms with E-state index in [0.29, 0.717) is 12.1 Å². The van der Waals surface area contributed by atoms with Crippen LogP contribution in [0.5, 0.6) is 11.6 Å². The summed E-state index contributed by atoms with van der Waals surface area (Å²) >= 11 is 0. The van der Waals surface area contributed by atoms with E-state index in [9.17, 15) is 30.8 Å². The lowest BCUT2D eigenvalue weighted by molar-refractivity contribution is -0.0500. The normalized spacial score (nSPS) is 17.3. The lowest BCUT2D eigenvalue weighted by Crippen LogP contribution is -2.36. The topological polar surface area (TPSA) is 125 Å². The first kappa shape index (κ1) is 20.6. The second kappa shape index (κ2) is 7.02. The fraction of sp³-hybridized carbons (Fsp3) is 0.267. The zero-order chi connectivity index (χ0) is 21.6. The van der Waals surface area contributed by atoms with Crippen LogP contribution in [0.1, 0.15) is 17.3 Å². The van der Waals surface area contributed by atoms with E-state index in [2.05, 4.69) is 14.2 Å². The molecule has 1 aliphatic rings. The Bertz CT molecular complexity index is 1080. The Morgan fingerprint density at radius 2 is 2.00 bits per heavy atom. The minimum absolute atomic E-state index is 0.0748. The number of amides is 1. The van der Waals surface area contributed by atoms with Crippen molar-refractivity contribution in [2.45, 2.75) is 18.5 Å². The van der Waals surface area contributed by atoms with Crippen LogP contribution in [-0.2, 0) is 10.1 Å². The summed E-state index contributed by atoms with van der Waals surface area (Å²) in [6, 6.07) is 2.32. The van der Waals surface area contributed by atoms with E-state index in [1.165, 1.54) is 0 Å². The van der Waals surface area contributed by atoms with Gasteiger partial charge in [-0.2, -0.15) is 21.6 Å². The number of fused-ring (bicyclic) bond motifs is 1. The monoisotopic (exact) mass is 436 g/mol. The molecule has 14 heteroatoms. The van der Waals surface area contributed by atoms with Crippen molar-refractivity contribution in [2.24, 2.45) is 0 Å². The molecule has 29 heavy (non-hydrogen) atoms. The standard InChI is InChI=1S/C15H12F4N4O5S/c1-7-5-23(14(24)11-12(20)21-6-22-13(11)27-7)8-2-3-10(9(16)4-8)28-29(25,26)15(17,18)19/h2-4,6-7H,5H2,1H3,(H2,20,21,22). The number of hydrogen-bond acceptors (Lipinski definition) is 8. The Morgan fingerprint density at radius 1 is 1.31 bits per heavy atom. The van der Waals surface area contributed by atoms with Crippen LogP contribution >= 0.6 is 0 Å². The van der Waals surface area contributed by atoms with Crippen LogP contribution in [-0.4, -0.2) is 42.4 Å². The highest BCUT2D eigenvalue weighted by Crippen LogP contribution is 2.33. The van der Waals surface area contributed by atoms with Crippen molar-refractivity contribution in [3.8, 4) is 11.6 Å². The number of nitrogens with two attached hydrogens (primary N) is 1. The van der Waals surface area contributed by atoms with Gasteiger partial charge >= 0.3 is 15.6 Å². The summed E-state index contributed by atoms with van der Waals surface area (Å²) in [5, 5.41) is 0. The molecule has 2 N–H and O–H groups in total. The summed E-state index contributed by atoms with van der Waals surface area (Å²) < 4.78 is 82.9. The first-order valence-corrected chi connectivity index (χ1v) is 9.21. The van der Waals surface area contributed by atoms with Gasteiger partial charge in [0.2, 0.25) is 5.88 Å². The van der Waals surface area contributed by atoms with Crippen LogP contribution in [0.25, 0.3) is 0 Å². The molecule has 156 valence electrons. The number of alkyl halides is 3. The molecule has 2 aromatic rings. The van der Waals surface area contributed by atoms with E-state index >= 15 is 0 Å². The number of hydrogen-bond donors (Lipinski definition) is 1. The molecule has 1 aliphatic heterocycles. The number of carbonyl (C=O) groups is 1. The average molecular weight is 436 g/mol. The molecule has 1 aromatic carbocycles. The van der Waals surface area contributed by atoms with E-state index < -0.39 is 39.2 Å². The smallest absolute Gasteiger partial charge is 0.472 e. The van der Waals surface area contributed by atoms with Crippen molar-refractivity contribution < 1.29 is 39.7 Å². The minimum Gasteiger partial charge on any atom is -0.472 e. The third-order valence-electron chi connectivity index (χ3n) is 3.76. The van der Waals surface area contributed by atoms with Gasteiger partial charge in [-0.1, -0.05) is 0 Å². The summed E-state index contributed by atoms with van der Waals surface area (Å²) in [7, 11) is -6.06. The number of ether oxygens (including phenoxy) is 1. The maximum Gasteiger partial charge on any atom is 0.534 e. The molecule has 1 unspecified atom stereocenters. The molecule has 3 rings (SSSR count). The van der Waals surface area contributed by atoms with E-state index in [4.69, 9.17) is 10.5 Å². The molecule has 0 aliphatic carbocycles. The summed E-state index contributed by atoms with van der Waals surface area (Å²) in [5.74, 6) is -3.61. The Hall–Kier alpha value is -3.16. The molecular formula is C15H12F4N4O5S. The van der Waals surface area contributed by atoms with Gasteiger partial charge < -0.3 is 19.6 Å². The fourth-order valence-corrected chi connectivity index (χ4v) is 2.95. The molecule has 0 radical (unpaired) electrons. The summed E-state index contributed by atoms with van der Waals surface area (Å²) in [5.41, 5.74) is -0.294. The second-order valence-corrected chi connectivity index (χ2v) is 7.42. The number of halogens is 4. The number of aromatic nitrogens is 2. The number of nitrogens with zero attached hydrogens (tertiary/aromatic N) is 3. The first-order chi connectivity index (χ1) is 13.4. The predicted octanol–water partition coefficient (Wildman–Crippen LogP) is 1.85. The van der Waals surface area contributed by atoms with Gasteiger partial charge in [0.05, 0.1) is 6.54 Å². The van der Waals surface area contributed by atoms with Gasteiger partial charge in [-0.05, 0) is 19.1 Å². The zero-order valence-corrected chi connectivity index (χ0v) is 15.3. The van der Waals surface area contributed by atoms with Gasteiger partial charge in [-0.25, -0.2) is 14.4 Å². The molecular weight excluding hydrogens is 424 g/mol. The Kier molecular flexibility index (Phi) is 4.98. The Morgan fingerprint density at radius 3 is 2.62 bits per heavy atom. The molecule has 0 bridgehead atoms. The van der Waals surface area contributed by atoms with Crippen molar-refractivity contribution in [3.05, 3.63) is 35.9 Å². The van der Waals surface area contributed by atoms with Crippen LogP contribution in [0.15, 0.2) is 24.5 Å². The highest BCUT2D eigenvalue weighted by Gasteiger charge is 2.49. The van der Waals surface area contributed by atoms with Crippen molar-refractivity contribution in [1.82, 2.24) is 9.97 Å². The molecule has 0 fully saturated rings. The van der Waals surface area contributed by atoms with E-state index in [0.717, 1.165) is 17.3 Å². The van der Waals surface area contributed by atoms with Gasteiger partial charge in [-0.15, -0.1) is 0 Å². The molecule has 9 nitrogen and oxygen atoms in total. The maximum atomic E-state index is 14.2. The summed E-state index contributed by atoms with van der Waals surface area (Å²) in [4.78, 5) is 21.4. The van der Waals surface area contributed by atoms with Crippen LogP contribution in [0.3, 0.4) is 0 Å². The number of anilines is 2. The highest BCUT2D eigenvalue weighted by atomic mass is 32.2. The molecule has 1 atom stereocenters. The van der Waals surface area contributed by atoms with Crippen molar-refractivity contribution in [1.29, 1.82) is 0 Å². The van der Waals surface area contributed by atoms with Crippen LogP contribution < -0.4 is 19.6 Å². The molecule has 0 saturated carbocycles. The molecule has 1 aromatic heterocycles. The number of benzene rings is 1. The van der Waals surface area contributed by atoms with Crippen molar-refractivity contribution in [2.75, 3.05) is 17.2 Å². The Balaban J connectivity index is 1.98. The van der Waals surface area contributed by atoms with Crippen LogP contribution in [0.2, 0.25) is 0 Å². The van der Waals surface area contributed by atoms with E-state index in [-0.39, 0.29) is 29.5 Å². The molecule has 2 heterocycles. The van der Waals surface area contributed by atoms with Gasteiger partial charge in [0.1, 0.15) is 23.8 Å². The van der Waals surface area contributed by atoms with Crippen LogP contribution in [0.4, 0.5) is 29.1 Å². The van der Waals surface area contributed by atoms with Crippen LogP contribution in [0, 0.1) is 5.82 Å². The second-order valence-electron chi connectivity index (χ2n) is 5.88. The van der Waals surface area contributed by atoms with Gasteiger partial charge in [0, 0.05) is 11.8 Å². The highest BCUT2D eigenvalue weighted by molar-refractivity contribution is 7.88. The molecule has 1 amide bonds. The van der Waals surface area contributed by atoms with Gasteiger partial charge in [-0.3, -0.25) is 4.79 Å². The summed E-state index contributed by atoms with van der Waals surface area (Å²) in [6.07, 6.45) is 0.482. The zero-order valence-electron chi connectivity index (χ0n) is 14.5. The van der Waals surface area contributed by atoms with E-state index in [1.807, 2.05) is 0 Å². The first-order valence-electron chi connectivity index (χ1n) is 7.80. The molecule has 0 saturated heterocycles. The third-order valence-corrected chi connectivity index (χ3v) is 4.73. The largest absolute Gasteiger partial charge is 0.534 e. The van der Waals surface area contributed by atoms with Crippen molar-refractivity contribution >= 4 is 27.5 Å². The average Bonchev–Trinajstić information content (AvgIpc) is 2.72. The third kappa shape index (κ3) is 3.87. The molecule has 0 spiro atoms. The number of nitrogen functional groups attached to an aromatic ring is 1. The lowest BCUT2D eigenvalue weighted by Gasteiger charge is -2.23. The predicted molar refractivity (Wildman–Crippen MR) is 90.2 cm³/mol. The number of rotatable bonds is 3. The maximum absolute atomic E-state index is 14.2. The van der Waals surface area contributed by atoms with Gasteiger partial charge in [0.15, 0.2) is 11.6 Å². The minimum atomic E-state index is -6.06. The quantitative estimate of drug-likeness (QED) is 0.439. The van der Waals surface area contributed by atoms with Gasteiger partial charge in [0.25, 0.3) is 5.91 Å². The Labute approximate surface area is 161 Å². The SMILES string of the molecule is CC1CN(c2ccc(OS(=O)(=O)C(F)(F)F)c(F)c2)C(=O)c2c(N)ncnc2O1. The van der Waals surface area contributed by atoms with E-state index in [1.54, 1.807) is 6.92 Å². The number of carbonyl (C=O) groups excluding carboxylic acids is 1. The summed E-state index contributed by atoms with van der Waals surface area (Å²) in [6.45, 7) is 1.51. The van der Waals surface area contributed by atoms with Crippen molar-refractivity contribution in [3.63, 3.8) is 0 Å².